The number of nitrogens with one attached hydrogen (secondary N) is 4. The van der Waals surface area contributed by atoms with E-state index in [4.69, 9.17) is 14.7 Å². The number of methoxy groups -OCH3 is 1. The molecule has 3 aromatic rings. The molecule has 0 radical (unpaired) electrons. The van der Waals surface area contributed by atoms with E-state index in [2.05, 4.69) is 50.9 Å². The van der Waals surface area contributed by atoms with Crippen LogP contribution in [0.5, 0.6) is 0 Å². The number of benzene rings is 1. The molecule has 6 rings (SSSR count). The van der Waals surface area contributed by atoms with Crippen LogP contribution in [0.3, 0.4) is 0 Å². The Hall–Kier alpha value is -5.14. The Kier molecular flexibility index (Phi) is 11.5. The minimum Gasteiger partial charge on any atom is -0.465 e. The Morgan fingerprint density at radius 1 is 0.811 bits per heavy atom. The molecule has 2 aliphatic heterocycles. The van der Waals surface area contributed by atoms with Gasteiger partial charge in [-0.1, -0.05) is 58.0 Å². The average Bonchev–Trinajstić information content (AvgIpc) is 3.98. The summed E-state index contributed by atoms with van der Waals surface area (Å²) in [5.74, 6) is 1.25. The molecular weight excluding hydrogens is 676 g/mol. The zero-order valence-corrected chi connectivity index (χ0v) is 31.2. The second kappa shape index (κ2) is 16.3. The molecule has 5 N–H and O–H groups in total. The zero-order valence-electron chi connectivity index (χ0n) is 31.2. The number of nitrogens with zero attached hydrogens (tertiary/aromatic N) is 4. The number of aromatic nitrogens is 4. The van der Waals surface area contributed by atoms with Crippen molar-refractivity contribution in [2.45, 2.75) is 103 Å². The molecule has 5 atom stereocenters. The monoisotopic (exact) mass is 728 g/mol. The number of alkyl carbamates (subject to hydrolysis) is 1. The number of amides is 4. The Labute approximate surface area is 310 Å². The third-order valence-electron chi connectivity index (χ3n) is 10.9. The fourth-order valence-corrected chi connectivity index (χ4v) is 7.96. The Morgan fingerprint density at radius 3 is 1.87 bits per heavy atom. The van der Waals surface area contributed by atoms with E-state index in [1.807, 2.05) is 45.0 Å². The van der Waals surface area contributed by atoms with Gasteiger partial charge >= 0.3 is 12.2 Å². The van der Waals surface area contributed by atoms with Gasteiger partial charge in [-0.05, 0) is 73.8 Å². The maximum atomic E-state index is 13.5. The number of H-pyrrole nitrogens is 2. The van der Waals surface area contributed by atoms with Crippen molar-refractivity contribution in [3.8, 4) is 11.3 Å². The lowest BCUT2D eigenvalue weighted by atomic mass is 9.83. The Bertz CT molecular complexity index is 1810. The molecule has 2 saturated heterocycles. The highest BCUT2D eigenvalue weighted by molar-refractivity contribution is 5.87. The first-order valence-electron chi connectivity index (χ1n) is 18.8. The number of imidazole rings is 2. The zero-order chi connectivity index (χ0) is 37.8. The maximum Gasteiger partial charge on any atom is 0.407 e. The molecule has 1 unspecified atom stereocenters. The van der Waals surface area contributed by atoms with Crippen molar-refractivity contribution in [2.24, 2.45) is 11.8 Å². The summed E-state index contributed by atoms with van der Waals surface area (Å²) >= 11 is 0. The summed E-state index contributed by atoms with van der Waals surface area (Å²) in [4.78, 5) is 70.2. The molecule has 1 aliphatic carbocycles. The first kappa shape index (κ1) is 37.6. The van der Waals surface area contributed by atoms with Crippen molar-refractivity contribution in [3.63, 3.8) is 0 Å². The van der Waals surface area contributed by atoms with E-state index in [0.717, 1.165) is 73.5 Å². The molecule has 0 spiro atoms. The third kappa shape index (κ3) is 8.26. The summed E-state index contributed by atoms with van der Waals surface area (Å²) < 4.78 is 4.75. The van der Waals surface area contributed by atoms with Crippen molar-refractivity contribution < 1.29 is 29.0 Å². The minimum absolute atomic E-state index is 0.0978. The first-order valence-corrected chi connectivity index (χ1v) is 18.8. The number of carbonyl (C=O) groups excluding carboxylic acids is 3. The van der Waals surface area contributed by atoms with Gasteiger partial charge in [0.15, 0.2) is 0 Å². The largest absolute Gasteiger partial charge is 0.465 e. The Balaban J connectivity index is 1.07. The van der Waals surface area contributed by atoms with Gasteiger partial charge in [0.1, 0.15) is 23.7 Å². The lowest BCUT2D eigenvalue weighted by Crippen LogP contribution is -2.51. The van der Waals surface area contributed by atoms with Gasteiger partial charge in [0.05, 0.1) is 30.6 Å². The molecule has 0 bridgehead atoms. The van der Waals surface area contributed by atoms with E-state index >= 15 is 0 Å². The number of hydrogen-bond acceptors (Lipinski definition) is 7. The van der Waals surface area contributed by atoms with Crippen LogP contribution in [0.4, 0.5) is 9.59 Å². The van der Waals surface area contributed by atoms with Gasteiger partial charge in [-0.3, -0.25) is 9.59 Å². The van der Waals surface area contributed by atoms with Gasteiger partial charge in [0, 0.05) is 31.0 Å². The van der Waals surface area contributed by atoms with Gasteiger partial charge in [0.25, 0.3) is 0 Å². The number of ether oxygens (including phenoxy) is 1. The summed E-state index contributed by atoms with van der Waals surface area (Å²) in [5, 5.41) is 14.4. The van der Waals surface area contributed by atoms with Gasteiger partial charge in [0.2, 0.25) is 11.8 Å². The highest BCUT2D eigenvalue weighted by Crippen LogP contribution is 2.38. The lowest BCUT2D eigenvalue weighted by Gasteiger charge is -2.29. The van der Waals surface area contributed by atoms with Gasteiger partial charge < -0.3 is 40.2 Å². The summed E-state index contributed by atoms with van der Waals surface area (Å²) in [7, 11) is 1.29. The fourth-order valence-electron chi connectivity index (χ4n) is 7.96. The van der Waals surface area contributed by atoms with Crippen molar-refractivity contribution in [2.75, 3.05) is 20.2 Å². The molecule has 14 heteroatoms. The molecule has 2 fully saturated rings. The fraction of sp³-hybridized carbons (Fsp3) is 0.538. The summed E-state index contributed by atoms with van der Waals surface area (Å²) in [5.41, 5.74) is 5.16. The van der Waals surface area contributed by atoms with Crippen LogP contribution in [0, 0.1) is 11.8 Å². The molecule has 284 valence electrons. The second-order valence-corrected chi connectivity index (χ2v) is 15.1. The lowest BCUT2D eigenvalue weighted by molar-refractivity contribution is -0.136. The van der Waals surface area contributed by atoms with Crippen LogP contribution in [-0.2, 0) is 14.3 Å². The van der Waals surface area contributed by atoms with Crippen LogP contribution in [0.15, 0.2) is 42.7 Å². The molecule has 4 heterocycles. The molecule has 3 aliphatic rings. The smallest absolute Gasteiger partial charge is 0.407 e. The summed E-state index contributed by atoms with van der Waals surface area (Å²) in [6, 6.07) is 6.68. The molecule has 2 aromatic heterocycles. The van der Waals surface area contributed by atoms with Crippen LogP contribution in [-0.4, -0.2) is 91.1 Å². The van der Waals surface area contributed by atoms with E-state index in [1.54, 1.807) is 4.90 Å². The van der Waals surface area contributed by atoms with E-state index in [-0.39, 0.29) is 35.7 Å². The van der Waals surface area contributed by atoms with Crippen molar-refractivity contribution >= 4 is 29.6 Å². The molecule has 53 heavy (non-hydrogen) atoms. The van der Waals surface area contributed by atoms with Crippen LogP contribution >= 0.6 is 0 Å². The van der Waals surface area contributed by atoms with Crippen LogP contribution in [0.1, 0.15) is 114 Å². The number of carbonyl (C=O) groups is 4. The van der Waals surface area contributed by atoms with Crippen LogP contribution < -0.4 is 10.6 Å². The highest BCUT2D eigenvalue weighted by Gasteiger charge is 2.39. The van der Waals surface area contributed by atoms with Gasteiger partial charge in [-0.2, -0.15) is 0 Å². The SMILES string of the molecule is COC(=O)N[C@H](C(=O)N1CCC[C@H]1c1nc(-c2ccc(C3CC=C(c4c[nH]c([C@@H]5CCCN5C(=O)[C@@H](NC(=O)O)C(C)C)n4)CC3)cc2)c[nH]1)C(C)C. The first-order chi connectivity index (χ1) is 25.4. The predicted octanol–water partition coefficient (Wildman–Crippen LogP) is 6.15. The standard InChI is InChI=1S/C39H52N8O6/c1-22(2)32(44-38(50)51)36(48)46-18-6-8-30(46)34-40-20-28(42-34)26-14-10-24(11-15-26)25-12-16-27(17-13-25)29-21-41-35(43-29)31-9-7-19-47(31)37(49)33(23(3)4)45-39(52)53-5/h12-14,16-17,20-24,30-33,44H,6-11,15,18-19H2,1-5H3,(H,40,42)(H,41,43)(H,45,52)(H,50,51)/t24?,30-,31-,32-,33-/m0/s1. The number of likely N-dealkylation sites (tertiary alicyclic amines) is 2. The summed E-state index contributed by atoms with van der Waals surface area (Å²) in [6.07, 6.45) is 10.3. The number of hydrogen-bond donors (Lipinski definition) is 5. The van der Waals surface area contributed by atoms with Gasteiger partial charge in [-0.15, -0.1) is 0 Å². The maximum absolute atomic E-state index is 13.5. The second-order valence-electron chi connectivity index (χ2n) is 15.1. The molecule has 14 nitrogen and oxygen atoms in total. The normalized spacial score (nSPS) is 21.4. The molecular formula is C39H52N8O6. The highest BCUT2D eigenvalue weighted by atomic mass is 16.5. The molecule has 4 amide bonds. The quantitative estimate of drug-likeness (QED) is 0.156. The van der Waals surface area contributed by atoms with E-state index in [0.29, 0.717) is 19.0 Å². The predicted molar refractivity (Wildman–Crippen MR) is 199 cm³/mol. The summed E-state index contributed by atoms with van der Waals surface area (Å²) in [6.45, 7) is 8.67. The number of allylic oxidation sites excluding steroid dienone is 2. The topological polar surface area (TPSA) is 186 Å². The average molecular weight is 729 g/mol. The molecule has 0 saturated carbocycles. The van der Waals surface area contributed by atoms with Crippen molar-refractivity contribution in [1.29, 1.82) is 0 Å². The van der Waals surface area contributed by atoms with Crippen LogP contribution in [0.2, 0.25) is 0 Å². The molecule has 1 aromatic carbocycles. The minimum atomic E-state index is -1.20. The number of carboxylic acid groups (broad SMARTS) is 1. The number of aromatic amines is 2. The van der Waals surface area contributed by atoms with Crippen molar-refractivity contribution in [1.82, 2.24) is 40.4 Å². The van der Waals surface area contributed by atoms with E-state index in [9.17, 15) is 24.3 Å². The van der Waals surface area contributed by atoms with Crippen LogP contribution in [0.25, 0.3) is 16.8 Å². The van der Waals surface area contributed by atoms with E-state index in [1.165, 1.54) is 18.2 Å². The Morgan fingerprint density at radius 2 is 1.36 bits per heavy atom. The van der Waals surface area contributed by atoms with Crippen molar-refractivity contribution in [3.05, 3.63) is 65.6 Å². The number of rotatable bonds is 11. The van der Waals surface area contributed by atoms with Gasteiger partial charge in [-0.25, -0.2) is 19.6 Å². The third-order valence-corrected chi connectivity index (χ3v) is 10.9. The van der Waals surface area contributed by atoms with E-state index < -0.39 is 24.3 Å².